The first kappa shape index (κ1) is 9.73. The quantitative estimate of drug-likeness (QED) is 0.506. The van der Waals surface area contributed by atoms with Gasteiger partial charge in [0.2, 0.25) is 0 Å². The normalized spacial score (nSPS) is 9.85. The van der Waals surface area contributed by atoms with Crippen LogP contribution < -0.4 is 0 Å². The van der Waals surface area contributed by atoms with Crippen LogP contribution in [0.25, 0.3) is 0 Å². The van der Waals surface area contributed by atoms with E-state index < -0.39 is 5.97 Å². The zero-order valence-corrected chi connectivity index (χ0v) is 7.41. The Hall–Kier alpha value is -1.36. The molecule has 0 aromatic heterocycles. The van der Waals surface area contributed by atoms with Gasteiger partial charge >= 0.3 is 5.97 Å². The van der Waals surface area contributed by atoms with E-state index in [1.807, 2.05) is 0 Å². The lowest BCUT2D eigenvalue weighted by Crippen LogP contribution is -1.97. The first-order chi connectivity index (χ1) is 6.09. The zero-order valence-electron chi connectivity index (χ0n) is 6.60. The molecule has 0 saturated heterocycles. The number of benzene rings is 1. The molecule has 0 bridgehead atoms. The topological polar surface area (TPSA) is 77.8 Å². The fourth-order valence-electron chi connectivity index (χ4n) is 0.758. The van der Waals surface area contributed by atoms with Crippen molar-refractivity contribution in [1.82, 2.24) is 0 Å². The predicted octanol–water partition coefficient (Wildman–Crippen LogP) is 1.27. The molecule has 0 heterocycles. The number of carboxylic acids is 1. The molecule has 0 aliphatic heterocycles. The Labute approximate surface area is 78.8 Å². The lowest BCUT2D eigenvalue weighted by atomic mass is 10.3. The van der Waals surface area contributed by atoms with Gasteiger partial charge in [0, 0.05) is 0 Å². The van der Waals surface area contributed by atoms with E-state index in [1.165, 1.54) is 18.2 Å². The van der Waals surface area contributed by atoms with E-state index in [0.717, 1.165) is 11.8 Å². The van der Waals surface area contributed by atoms with Crippen LogP contribution in [0, 0.1) is 0 Å². The van der Waals surface area contributed by atoms with Gasteiger partial charge in [0.15, 0.2) is 0 Å². The number of rotatable bonds is 3. The summed E-state index contributed by atoms with van der Waals surface area (Å²) < 4.78 is 0. The summed E-state index contributed by atoms with van der Waals surface area (Å²) in [6.45, 7) is 0. The average Bonchev–Trinajstić information content (AvgIpc) is 2.06. The van der Waals surface area contributed by atoms with E-state index >= 15 is 0 Å². The molecule has 0 aliphatic carbocycles. The summed E-state index contributed by atoms with van der Waals surface area (Å²) in [6.07, 6.45) is 0. The summed E-state index contributed by atoms with van der Waals surface area (Å²) in [5, 5.41) is 26.6. The molecule has 0 spiro atoms. The molecule has 13 heavy (non-hydrogen) atoms. The van der Waals surface area contributed by atoms with Crippen molar-refractivity contribution in [2.45, 2.75) is 4.90 Å². The Morgan fingerprint density at radius 3 is 2.69 bits per heavy atom. The molecule has 0 saturated carbocycles. The van der Waals surface area contributed by atoms with Crippen molar-refractivity contribution in [2.24, 2.45) is 0 Å². The second-order valence-electron chi connectivity index (χ2n) is 2.33. The molecule has 4 nitrogen and oxygen atoms in total. The lowest BCUT2D eigenvalue weighted by Gasteiger charge is -2.02. The Morgan fingerprint density at radius 1 is 1.38 bits per heavy atom. The molecule has 3 N–H and O–H groups in total. The van der Waals surface area contributed by atoms with Crippen LogP contribution in [0.15, 0.2) is 23.1 Å². The third-order valence-corrected chi connectivity index (χ3v) is 2.32. The van der Waals surface area contributed by atoms with Crippen LogP contribution in [0.2, 0.25) is 0 Å². The summed E-state index contributed by atoms with van der Waals surface area (Å²) in [5.41, 5.74) is 0. The molecule has 0 radical (unpaired) electrons. The van der Waals surface area contributed by atoms with E-state index in [-0.39, 0.29) is 17.3 Å². The maximum Gasteiger partial charge on any atom is 0.313 e. The molecule has 1 aromatic carbocycles. The Bertz CT molecular complexity index is 324. The van der Waals surface area contributed by atoms with E-state index in [2.05, 4.69) is 0 Å². The van der Waals surface area contributed by atoms with Crippen molar-refractivity contribution in [3.8, 4) is 11.5 Å². The second-order valence-corrected chi connectivity index (χ2v) is 3.35. The summed E-state index contributed by atoms with van der Waals surface area (Å²) >= 11 is 0.960. The van der Waals surface area contributed by atoms with Crippen LogP contribution in [-0.4, -0.2) is 27.0 Å². The zero-order chi connectivity index (χ0) is 9.84. The molecule has 1 rings (SSSR count). The lowest BCUT2D eigenvalue weighted by molar-refractivity contribution is -0.133. The van der Waals surface area contributed by atoms with E-state index in [4.69, 9.17) is 10.2 Å². The maximum atomic E-state index is 10.2. The number of phenols is 2. The second kappa shape index (κ2) is 4.04. The summed E-state index contributed by atoms with van der Waals surface area (Å²) in [5.74, 6) is -1.13. The molecule has 1 aromatic rings. The Kier molecular flexibility index (Phi) is 3.02. The highest BCUT2D eigenvalue weighted by Crippen LogP contribution is 2.31. The Balaban J connectivity index is 2.75. The summed E-state index contributed by atoms with van der Waals surface area (Å²) in [7, 11) is 0. The first-order valence-electron chi connectivity index (χ1n) is 3.46. The minimum Gasteiger partial charge on any atom is -0.508 e. The Morgan fingerprint density at radius 2 is 2.08 bits per heavy atom. The minimum absolute atomic E-state index is 0.00527. The van der Waals surface area contributed by atoms with E-state index in [9.17, 15) is 9.90 Å². The van der Waals surface area contributed by atoms with Crippen molar-refractivity contribution in [2.75, 3.05) is 5.75 Å². The van der Waals surface area contributed by atoms with E-state index in [0.29, 0.717) is 4.90 Å². The number of hydrogen-bond acceptors (Lipinski definition) is 4. The van der Waals surface area contributed by atoms with Gasteiger partial charge in [-0.3, -0.25) is 4.79 Å². The van der Waals surface area contributed by atoms with E-state index in [1.54, 1.807) is 0 Å². The van der Waals surface area contributed by atoms with Gasteiger partial charge in [-0.25, -0.2) is 0 Å². The first-order valence-corrected chi connectivity index (χ1v) is 4.44. The van der Waals surface area contributed by atoms with Gasteiger partial charge in [0.1, 0.15) is 11.5 Å². The maximum absolute atomic E-state index is 10.2. The molecule has 70 valence electrons. The van der Waals surface area contributed by atoms with Gasteiger partial charge < -0.3 is 15.3 Å². The smallest absolute Gasteiger partial charge is 0.313 e. The van der Waals surface area contributed by atoms with Gasteiger partial charge in [-0.1, -0.05) is 0 Å². The largest absolute Gasteiger partial charge is 0.508 e. The SMILES string of the molecule is O=C(O)CSc1cc(O)ccc1O. The number of phenolic OH excluding ortho intramolecular Hbond substituents is 2. The predicted molar refractivity (Wildman–Crippen MR) is 48.1 cm³/mol. The van der Waals surface area contributed by atoms with Crippen molar-refractivity contribution in [3.05, 3.63) is 18.2 Å². The van der Waals surface area contributed by atoms with Crippen molar-refractivity contribution < 1.29 is 20.1 Å². The van der Waals surface area contributed by atoms with Gasteiger partial charge in [0.25, 0.3) is 0 Å². The number of carbonyl (C=O) groups is 1. The molecular weight excluding hydrogens is 192 g/mol. The fourth-order valence-corrected chi connectivity index (χ4v) is 1.46. The van der Waals surface area contributed by atoms with Gasteiger partial charge in [-0.15, -0.1) is 11.8 Å². The standard InChI is InChI=1S/C8H8O4S/c9-5-1-2-6(10)7(3-5)13-4-8(11)12/h1-3,9-10H,4H2,(H,11,12). The van der Waals surface area contributed by atoms with Crippen LogP contribution in [0.1, 0.15) is 0 Å². The molecule has 5 heteroatoms. The third kappa shape index (κ3) is 2.87. The fraction of sp³-hybridized carbons (Fsp3) is 0.125. The third-order valence-electron chi connectivity index (χ3n) is 1.29. The number of hydrogen-bond donors (Lipinski definition) is 3. The van der Waals surface area contributed by atoms with Crippen molar-refractivity contribution >= 4 is 17.7 Å². The highest BCUT2D eigenvalue weighted by atomic mass is 32.2. The number of aromatic hydroxyl groups is 2. The number of carboxylic acid groups (broad SMARTS) is 1. The molecule has 0 fully saturated rings. The van der Waals surface area contributed by atoms with Gasteiger partial charge in [-0.2, -0.15) is 0 Å². The average molecular weight is 200 g/mol. The highest BCUT2D eigenvalue weighted by molar-refractivity contribution is 8.00. The van der Waals surface area contributed by atoms with Gasteiger partial charge in [-0.05, 0) is 18.2 Å². The monoisotopic (exact) mass is 200 g/mol. The molecule has 0 amide bonds. The van der Waals surface area contributed by atoms with Crippen LogP contribution >= 0.6 is 11.8 Å². The number of aliphatic carboxylic acids is 1. The van der Waals surface area contributed by atoms with Gasteiger partial charge in [0.05, 0.1) is 10.6 Å². The van der Waals surface area contributed by atoms with Crippen molar-refractivity contribution in [3.63, 3.8) is 0 Å². The molecule has 0 aliphatic rings. The highest BCUT2D eigenvalue weighted by Gasteiger charge is 2.05. The number of thioether (sulfide) groups is 1. The minimum atomic E-state index is -0.965. The summed E-state index contributed by atoms with van der Waals surface area (Å²) in [6, 6.07) is 3.97. The summed E-state index contributed by atoms with van der Waals surface area (Å²) in [4.78, 5) is 10.6. The van der Waals surface area contributed by atoms with Crippen LogP contribution in [-0.2, 0) is 4.79 Å². The van der Waals surface area contributed by atoms with Crippen LogP contribution in [0.4, 0.5) is 0 Å². The van der Waals surface area contributed by atoms with Crippen molar-refractivity contribution in [1.29, 1.82) is 0 Å². The molecular formula is C8H8O4S. The van der Waals surface area contributed by atoms with Crippen LogP contribution in [0.5, 0.6) is 11.5 Å². The van der Waals surface area contributed by atoms with Crippen LogP contribution in [0.3, 0.4) is 0 Å². The molecule has 0 unspecified atom stereocenters. The molecule has 0 atom stereocenters.